The van der Waals surface area contributed by atoms with E-state index in [0.29, 0.717) is 0 Å². The molecule has 1 heterocycles. The lowest BCUT2D eigenvalue weighted by Crippen LogP contribution is -2.26. The van der Waals surface area contributed by atoms with Crippen molar-refractivity contribution in [2.45, 2.75) is 12.5 Å². The largest absolute Gasteiger partial charge is 0.306 e. The van der Waals surface area contributed by atoms with Crippen LogP contribution in [0.4, 0.5) is 8.78 Å². The fourth-order valence-corrected chi connectivity index (χ4v) is 0.955. The van der Waals surface area contributed by atoms with Crippen molar-refractivity contribution < 1.29 is 8.78 Å². The summed E-state index contributed by atoms with van der Waals surface area (Å²) in [7, 11) is 3.04. The maximum atomic E-state index is 12.3. The Hall–Kier alpha value is -1.04. The van der Waals surface area contributed by atoms with Crippen LogP contribution in [0.2, 0.25) is 0 Å². The zero-order valence-corrected chi connectivity index (χ0v) is 6.83. The second-order valence-electron chi connectivity index (χ2n) is 2.34. The van der Waals surface area contributed by atoms with Gasteiger partial charge in [0.2, 0.25) is 0 Å². The van der Waals surface area contributed by atoms with Gasteiger partial charge in [-0.05, 0) is 7.05 Å². The molecule has 0 aliphatic heterocycles. The predicted molar refractivity (Wildman–Crippen MR) is 38.8 cm³/mol. The van der Waals surface area contributed by atoms with Crippen molar-refractivity contribution in [2.75, 3.05) is 7.05 Å². The van der Waals surface area contributed by atoms with Gasteiger partial charge >= 0.3 is 0 Å². The van der Waals surface area contributed by atoms with Crippen LogP contribution in [-0.4, -0.2) is 28.2 Å². The zero-order chi connectivity index (χ0) is 9.14. The van der Waals surface area contributed by atoms with Crippen molar-refractivity contribution in [3.05, 3.63) is 12.2 Å². The number of hydrogen-bond acceptors (Lipinski definition) is 3. The minimum Gasteiger partial charge on any atom is -0.306 e. The molecular formula is C6H10F2N4. The smallest absolute Gasteiger partial charge is 0.260 e. The summed E-state index contributed by atoms with van der Waals surface area (Å²) in [6.07, 6.45) is -1.22. The molecule has 0 aliphatic rings. The highest BCUT2D eigenvalue weighted by molar-refractivity contribution is 4.94. The predicted octanol–water partition coefficient (Wildman–Crippen LogP) is 0.341. The summed E-state index contributed by atoms with van der Waals surface area (Å²) in [5.41, 5.74) is 0. The molecule has 0 saturated carbocycles. The second-order valence-corrected chi connectivity index (χ2v) is 2.34. The van der Waals surface area contributed by atoms with E-state index in [9.17, 15) is 8.78 Å². The molecule has 0 aliphatic carbocycles. The summed E-state index contributed by atoms with van der Waals surface area (Å²) >= 11 is 0. The maximum absolute atomic E-state index is 12.3. The number of aromatic nitrogens is 3. The molecule has 1 unspecified atom stereocenters. The molecule has 0 spiro atoms. The van der Waals surface area contributed by atoms with Crippen molar-refractivity contribution in [2.24, 2.45) is 7.05 Å². The number of hydrogen-bond donors (Lipinski definition) is 1. The van der Waals surface area contributed by atoms with Crippen LogP contribution in [-0.2, 0) is 7.05 Å². The van der Waals surface area contributed by atoms with E-state index in [1.165, 1.54) is 18.1 Å². The van der Waals surface area contributed by atoms with Crippen molar-refractivity contribution >= 4 is 0 Å². The van der Waals surface area contributed by atoms with Crippen molar-refractivity contribution in [3.8, 4) is 0 Å². The molecule has 1 atom stereocenters. The zero-order valence-electron chi connectivity index (χ0n) is 6.83. The molecule has 1 aromatic heterocycles. The minimum atomic E-state index is -2.47. The highest BCUT2D eigenvalue weighted by Crippen LogP contribution is 2.16. The van der Waals surface area contributed by atoms with Crippen LogP contribution in [0, 0.1) is 0 Å². The molecular weight excluding hydrogens is 166 g/mol. The Morgan fingerprint density at radius 3 is 2.58 bits per heavy atom. The summed E-state index contributed by atoms with van der Waals surface area (Å²) < 4.78 is 25.9. The summed E-state index contributed by atoms with van der Waals surface area (Å²) in [5.74, 6) is 0.243. The lowest BCUT2D eigenvalue weighted by molar-refractivity contribution is 0.0966. The molecule has 0 saturated heterocycles. The summed E-state index contributed by atoms with van der Waals surface area (Å²) in [5, 5.41) is 6.17. The van der Waals surface area contributed by atoms with Gasteiger partial charge in [0.1, 0.15) is 18.2 Å². The molecule has 0 bridgehead atoms. The Morgan fingerprint density at radius 1 is 1.58 bits per heavy atom. The molecule has 1 N–H and O–H groups in total. The molecule has 0 fully saturated rings. The van der Waals surface area contributed by atoms with Gasteiger partial charge in [0.15, 0.2) is 0 Å². The third kappa shape index (κ3) is 1.58. The normalized spacial score (nSPS) is 13.8. The average molecular weight is 176 g/mol. The van der Waals surface area contributed by atoms with Crippen LogP contribution < -0.4 is 5.32 Å². The number of nitrogens with one attached hydrogen (secondary N) is 1. The number of rotatable bonds is 3. The first-order valence-corrected chi connectivity index (χ1v) is 3.46. The van der Waals surface area contributed by atoms with Crippen LogP contribution in [0.3, 0.4) is 0 Å². The Labute approximate surface area is 68.6 Å². The summed E-state index contributed by atoms with van der Waals surface area (Å²) in [6, 6.07) is -1.04. The van der Waals surface area contributed by atoms with Crippen molar-refractivity contribution in [1.82, 2.24) is 20.1 Å². The fraction of sp³-hybridized carbons (Fsp3) is 0.667. The Balaban J connectivity index is 2.87. The lowest BCUT2D eigenvalue weighted by Gasteiger charge is -2.13. The van der Waals surface area contributed by atoms with E-state index in [4.69, 9.17) is 0 Å². The third-order valence-electron chi connectivity index (χ3n) is 1.59. The Morgan fingerprint density at radius 2 is 2.25 bits per heavy atom. The summed E-state index contributed by atoms with van der Waals surface area (Å²) in [6.45, 7) is 0. The first-order chi connectivity index (χ1) is 5.66. The minimum absolute atomic E-state index is 0.243. The highest BCUT2D eigenvalue weighted by atomic mass is 19.3. The van der Waals surface area contributed by atoms with E-state index in [1.807, 2.05) is 0 Å². The van der Waals surface area contributed by atoms with Crippen LogP contribution in [0.25, 0.3) is 0 Å². The molecule has 68 valence electrons. The van der Waals surface area contributed by atoms with Crippen molar-refractivity contribution in [3.63, 3.8) is 0 Å². The molecule has 6 heteroatoms. The van der Waals surface area contributed by atoms with Gasteiger partial charge in [-0.15, -0.1) is 0 Å². The van der Waals surface area contributed by atoms with Gasteiger partial charge in [-0.2, -0.15) is 5.10 Å². The quantitative estimate of drug-likeness (QED) is 0.722. The van der Waals surface area contributed by atoms with E-state index >= 15 is 0 Å². The number of halogens is 2. The number of aryl methyl sites for hydroxylation is 1. The third-order valence-corrected chi connectivity index (χ3v) is 1.59. The van der Waals surface area contributed by atoms with Gasteiger partial charge in [-0.25, -0.2) is 13.8 Å². The van der Waals surface area contributed by atoms with Gasteiger partial charge < -0.3 is 5.32 Å². The van der Waals surface area contributed by atoms with Crippen molar-refractivity contribution in [1.29, 1.82) is 0 Å². The standard InChI is InChI=1S/C6H10F2N4/c1-9-4(5(7)8)6-10-3-11-12(6)2/h3-5,9H,1-2H3. The molecule has 12 heavy (non-hydrogen) atoms. The van der Waals surface area contributed by atoms with Gasteiger partial charge in [0.25, 0.3) is 6.43 Å². The molecule has 0 amide bonds. The topological polar surface area (TPSA) is 42.7 Å². The molecule has 1 aromatic rings. The summed E-state index contributed by atoms with van der Waals surface area (Å²) in [4.78, 5) is 3.72. The first-order valence-electron chi connectivity index (χ1n) is 3.46. The van der Waals surface area contributed by atoms with E-state index in [-0.39, 0.29) is 5.82 Å². The average Bonchev–Trinajstić information content (AvgIpc) is 2.38. The van der Waals surface area contributed by atoms with Gasteiger partial charge in [0.05, 0.1) is 0 Å². The van der Waals surface area contributed by atoms with Gasteiger partial charge in [0, 0.05) is 7.05 Å². The highest BCUT2D eigenvalue weighted by Gasteiger charge is 2.24. The maximum Gasteiger partial charge on any atom is 0.260 e. The van der Waals surface area contributed by atoms with E-state index < -0.39 is 12.5 Å². The van der Waals surface area contributed by atoms with Crippen LogP contribution in [0.15, 0.2) is 6.33 Å². The lowest BCUT2D eigenvalue weighted by atomic mass is 10.3. The van der Waals surface area contributed by atoms with E-state index in [2.05, 4.69) is 15.4 Å². The second kappa shape index (κ2) is 3.57. The van der Waals surface area contributed by atoms with Crippen LogP contribution in [0.1, 0.15) is 11.9 Å². The fourth-order valence-electron chi connectivity index (χ4n) is 0.955. The number of alkyl halides is 2. The molecule has 0 aromatic carbocycles. The molecule has 0 radical (unpaired) electrons. The van der Waals surface area contributed by atoms with Crippen LogP contribution >= 0.6 is 0 Å². The van der Waals surface area contributed by atoms with E-state index in [0.717, 1.165) is 0 Å². The first kappa shape index (κ1) is 9.05. The monoisotopic (exact) mass is 176 g/mol. The molecule has 4 nitrogen and oxygen atoms in total. The van der Waals surface area contributed by atoms with Gasteiger partial charge in [-0.1, -0.05) is 0 Å². The SMILES string of the molecule is CNC(c1ncnn1C)C(F)F. The van der Waals surface area contributed by atoms with E-state index in [1.54, 1.807) is 7.05 Å². The van der Waals surface area contributed by atoms with Gasteiger partial charge in [-0.3, -0.25) is 4.68 Å². The molecule has 1 rings (SSSR count). The Kier molecular flexibility index (Phi) is 2.69. The van der Waals surface area contributed by atoms with Crippen LogP contribution in [0.5, 0.6) is 0 Å². The Bertz CT molecular complexity index is 247. The number of nitrogens with zero attached hydrogens (tertiary/aromatic N) is 3.